The number of aromatic nitrogens is 2. The Balaban J connectivity index is 2.40. The van der Waals surface area contributed by atoms with Gasteiger partial charge in [0.25, 0.3) is 5.56 Å². The molecular weight excluding hydrogens is 278 g/mol. The molecule has 1 aromatic carbocycles. The van der Waals surface area contributed by atoms with Crippen molar-refractivity contribution in [3.8, 4) is 0 Å². The Kier molecular flexibility index (Phi) is 3.68. The van der Waals surface area contributed by atoms with E-state index in [9.17, 15) is 9.18 Å². The van der Waals surface area contributed by atoms with E-state index in [2.05, 4.69) is 4.98 Å². The van der Waals surface area contributed by atoms with E-state index in [1.807, 2.05) is 0 Å². The van der Waals surface area contributed by atoms with Gasteiger partial charge in [-0.2, -0.15) is 0 Å². The lowest BCUT2D eigenvalue weighted by molar-refractivity contribution is 0.621. The molecule has 0 atom stereocenters. The monoisotopic (exact) mass is 286 g/mol. The van der Waals surface area contributed by atoms with E-state index in [1.165, 1.54) is 22.8 Å². The Morgan fingerprint density at radius 1 is 1.33 bits per heavy atom. The summed E-state index contributed by atoms with van der Waals surface area (Å²) in [7, 11) is 0. The van der Waals surface area contributed by atoms with E-state index < -0.39 is 5.82 Å². The van der Waals surface area contributed by atoms with Crippen molar-refractivity contribution in [2.24, 2.45) is 0 Å². The molecule has 18 heavy (non-hydrogen) atoms. The average molecular weight is 287 g/mol. The third-order valence-corrected chi connectivity index (χ3v) is 2.99. The summed E-state index contributed by atoms with van der Waals surface area (Å²) in [5, 5.41) is 0.202. The lowest BCUT2D eigenvalue weighted by Gasteiger charge is -2.09. The van der Waals surface area contributed by atoms with Crippen LogP contribution >= 0.6 is 23.2 Å². The van der Waals surface area contributed by atoms with Crippen molar-refractivity contribution in [1.29, 1.82) is 0 Å². The lowest BCUT2D eigenvalue weighted by Crippen LogP contribution is -2.23. The number of rotatable bonds is 2. The van der Waals surface area contributed by atoms with E-state index in [-0.39, 0.29) is 22.3 Å². The number of hydrogen-bond donors (Lipinski definition) is 0. The summed E-state index contributed by atoms with van der Waals surface area (Å²) in [6.07, 6.45) is 0. The van der Waals surface area contributed by atoms with Crippen LogP contribution < -0.4 is 5.56 Å². The maximum atomic E-state index is 13.3. The highest BCUT2D eigenvalue weighted by Crippen LogP contribution is 2.16. The van der Waals surface area contributed by atoms with Gasteiger partial charge in [-0.05, 0) is 24.6 Å². The van der Waals surface area contributed by atoms with Crippen LogP contribution in [0.1, 0.15) is 11.4 Å². The van der Waals surface area contributed by atoms with Gasteiger partial charge in [-0.25, -0.2) is 9.37 Å². The van der Waals surface area contributed by atoms with Crippen molar-refractivity contribution in [3.05, 3.63) is 62.0 Å². The first-order valence-electron chi connectivity index (χ1n) is 5.15. The van der Waals surface area contributed by atoms with Gasteiger partial charge in [-0.3, -0.25) is 9.36 Å². The summed E-state index contributed by atoms with van der Waals surface area (Å²) >= 11 is 11.3. The fourth-order valence-electron chi connectivity index (χ4n) is 1.60. The molecule has 0 amide bonds. The van der Waals surface area contributed by atoms with Gasteiger partial charge in [0.1, 0.15) is 16.8 Å². The first-order chi connectivity index (χ1) is 8.47. The summed E-state index contributed by atoms with van der Waals surface area (Å²) in [5.41, 5.74) is 0.356. The van der Waals surface area contributed by atoms with E-state index in [0.717, 1.165) is 0 Å². The Bertz CT molecular complexity index is 655. The van der Waals surface area contributed by atoms with Crippen LogP contribution in [0.15, 0.2) is 29.1 Å². The molecule has 2 aromatic rings. The van der Waals surface area contributed by atoms with Gasteiger partial charge >= 0.3 is 0 Å². The van der Waals surface area contributed by atoms with E-state index in [1.54, 1.807) is 13.0 Å². The summed E-state index contributed by atoms with van der Waals surface area (Å²) in [5.74, 6) is -0.0374. The molecule has 0 saturated carbocycles. The highest BCUT2D eigenvalue weighted by atomic mass is 35.5. The van der Waals surface area contributed by atoms with E-state index in [4.69, 9.17) is 23.2 Å². The quantitative estimate of drug-likeness (QED) is 0.796. The molecular formula is C12H9Cl2FN2O. The fourth-order valence-corrected chi connectivity index (χ4v) is 1.93. The molecule has 0 unspecified atom stereocenters. The smallest absolute Gasteiger partial charge is 0.255 e. The lowest BCUT2D eigenvalue weighted by atomic mass is 10.2. The number of nitrogens with zero attached hydrogens (tertiary/aromatic N) is 2. The molecule has 94 valence electrons. The predicted octanol–water partition coefficient (Wildman–Crippen LogP) is 3.05. The van der Waals surface area contributed by atoms with Crippen LogP contribution in [0, 0.1) is 12.7 Å². The maximum absolute atomic E-state index is 13.3. The number of aryl methyl sites for hydroxylation is 1. The Morgan fingerprint density at radius 3 is 2.67 bits per heavy atom. The zero-order valence-corrected chi connectivity index (χ0v) is 11.0. The van der Waals surface area contributed by atoms with Crippen molar-refractivity contribution in [3.63, 3.8) is 0 Å². The van der Waals surface area contributed by atoms with Crippen molar-refractivity contribution < 1.29 is 4.39 Å². The molecule has 0 spiro atoms. The Labute approximate surface area is 113 Å². The molecule has 0 bridgehead atoms. The summed E-state index contributed by atoms with van der Waals surface area (Å²) in [6.45, 7) is 1.89. The molecule has 6 heteroatoms. The minimum atomic E-state index is -0.512. The Morgan fingerprint density at radius 2 is 2.06 bits per heavy atom. The highest BCUT2D eigenvalue weighted by Gasteiger charge is 2.06. The minimum absolute atomic E-state index is 0.0528. The van der Waals surface area contributed by atoms with Crippen molar-refractivity contribution in [2.75, 3.05) is 0 Å². The zero-order valence-electron chi connectivity index (χ0n) is 9.45. The molecule has 3 nitrogen and oxygen atoms in total. The highest BCUT2D eigenvalue weighted by molar-refractivity contribution is 6.30. The molecule has 0 aliphatic rings. The first kappa shape index (κ1) is 13.1. The minimum Gasteiger partial charge on any atom is -0.292 e. The van der Waals surface area contributed by atoms with Gasteiger partial charge in [0.15, 0.2) is 0 Å². The van der Waals surface area contributed by atoms with Crippen LogP contribution in [0.3, 0.4) is 0 Å². The summed E-state index contributed by atoms with van der Waals surface area (Å²) in [6, 6.07) is 5.63. The van der Waals surface area contributed by atoms with Crippen LogP contribution in [0.2, 0.25) is 10.2 Å². The van der Waals surface area contributed by atoms with E-state index >= 15 is 0 Å². The fraction of sp³-hybridized carbons (Fsp3) is 0.167. The van der Waals surface area contributed by atoms with Crippen molar-refractivity contribution in [1.82, 2.24) is 9.55 Å². The molecule has 0 fully saturated rings. The molecule has 0 aliphatic carbocycles. The van der Waals surface area contributed by atoms with Crippen molar-refractivity contribution in [2.45, 2.75) is 13.5 Å². The third kappa shape index (κ3) is 2.71. The molecule has 1 aromatic heterocycles. The SMILES string of the molecule is Cc1nc(Cl)cc(=O)n1Cc1ccc(Cl)c(F)c1. The van der Waals surface area contributed by atoms with Gasteiger partial charge in [-0.15, -0.1) is 0 Å². The second-order valence-corrected chi connectivity index (χ2v) is 4.59. The number of halogens is 3. The molecule has 1 heterocycles. The molecule has 0 radical (unpaired) electrons. The summed E-state index contributed by atoms with van der Waals surface area (Å²) in [4.78, 5) is 15.7. The first-order valence-corrected chi connectivity index (χ1v) is 5.91. The molecule has 0 N–H and O–H groups in total. The van der Waals surface area contributed by atoms with Gasteiger partial charge < -0.3 is 0 Å². The van der Waals surface area contributed by atoms with Gasteiger partial charge in [-0.1, -0.05) is 29.3 Å². The van der Waals surface area contributed by atoms with Gasteiger partial charge in [0.05, 0.1) is 11.6 Å². The van der Waals surface area contributed by atoms with Crippen molar-refractivity contribution >= 4 is 23.2 Å². The van der Waals surface area contributed by atoms with Crippen LogP contribution in [0.4, 0.5) is 4.39 Å². The maximum Gasteiger partial charge on any atom is 0.255 e. The topological polar surface area (TPSA) is 34.9 Å². The van der Waals surface area contributed by atoms with Crippen LogP contribution in [0.25, 0.3) is 0 Å². The Hall–Kier alpha value is -1.39. The number of hydrogen-bond acceptors (Lipinski definition) is 2. The third-order valence-electron chi connectivity index (χ3n) is 2.49. The van der Waals surface area contributed by atoms with Crippen LogP contribution in [-0.2, 0) is 6.54 Å². The standard InChI is InChI=1S/C12H9Cl2FN2O/c1-7-16-11(14)5-12(18)17(7)6-8-2-3-9(13)10(15)4-8/h2-5H,6H2,1H3. The van der Waals surface area contributed by atoms with Gasteiger partial charge in [0, 0.05) is 6.07 Å². The van der Waals surface area contributed by atoms with E-state index in [0.29, 0.717) is 11.4 Å². The molecule has 2 rings (SSSR count). The second-order valence-electron chi connectivity index (χ2n) is 3.80. The van der Waals surface area contributed by atoms with Crippen LogP contribution in [0.5, 0.6) is 0 Å². The normalized spacial score (nSPS) is 10.7. The molecule has 0 saturated heterocycles. The summed E-state index contributed by atoms with van der Waals surface area (Å²) < 4.78 is 14.7. The number of benzene rings is 1. The largest absolute Gasteiger partial charge is 0.292 e. The predicted molar refractivity (Wildman–Crippen MR) is 68.8 cm³/mol. The second kappa shape index (κ2) is 5.08. The molecule has 0 aliphatic heterocycles. The zero-order chi connectivity index (χ0) is 13.3. The average Bonchev–Trinajstić information content (AvgIpc) is 2.28. The van der Waals surface area contributed by atoms with Crippen LogP contribution in [-0.4, -0.2) is 9.55 Å². The van der Waals surface area contributed by atoms with Gasteiger partial charge in [0.2, 0.25) is 0 Å².